The topological polar surface area (TPSA) is 41.1 Å². The highest BCUT2D eigenvalue weighted by molar-refractivity contribution is 6.48. The molecule has 1 atom stereocenters. The Kier molecular flexibility index (Phi) is 10.8. The smallest absolute Gasteiger partial charge is 0.355 e. The Morgan fingerprint density at radius 3 is 2.03 bits per heavy atom. The maximum absolute atomic E-state index is 13.7. The van der Waals surface area contributed by atoms with Gasteiger partial charge in [-0.15, -0.1) is 0 Å². The number of carbonyl (C=O) groups excluding carboxylic acids is 1. The third-order valence-corrected chi connectivity index (χ3v) is 6.14. The number of alkyl halides is 9. The molecule has 0 aliphatic carbocycles. The highest BCUT2D eigenvalue weighted by Gasteiger charge is 2.39. The van der Waals surface area contributed by atoms with Crippen LogP contribution in [0.3, 0.4) is 0 Å². The Labute approximate surface area is 225 Å². The molecule has 0 saturated heterocycles. The van der Waals surface area contributed by atoms with E-state index in [1.54, 1.807) is 0 Å². The second kappa shape index (κ2) is 12.8. The predicted molar refractivity (Wildman–Crippen MR) is 126 cm³/mol. The lowest BCUT2D eigenvalue weighted by molar-refractivity contribution is -0.153. The summed E-state index contributed by atoms with van der Waals surface area (Å²) in [4.78, 5) is 11.1. The quantitative estimate of drug-likeness (QED) is 0.170. The van der Waals surface area contributed by atoms with E-state index in [2.05, 4.69) is 5.32 Å². The van der Waals surface area contributed by atoms with E-state index < -0.39 is 42.3 Å². The van der Waals surface area contributed by atoms with Crippen LogP contribution in [0.15, 0.2) is 36.4 Å². The molecule has 2 aromatic carbocycles. The third kappa shape index (κ3) is 9.87. The zero-order valence-corrected chi connectivity index (χ0v) is 21.2. The van der Waals surface area contributed by atoms with Crippen molar-refractivity contribution < 1.29 is 44.3 Å². The van der Waals surface area contributed by atoms with Crippen LogP contribution >= 0.6 is 34.8 Å². The van der Waals surface area contributed by atoms with Crippen molar-refractivity contribution in [1.82, 2.24) is 10.6 Å². The lowest BCUT2D eigenvalue weighted by Crippen LogP contribution is -2.34. The van der Waals surface area contributed by atoms with Gasteiger partial charge in [0, 0.05) is 19.6 Å². The summed E-state index contributed by atoms with van der Waals surface area (Å²) in [6, 6.07) is 4.80. The summed E-state index contributed by atoms with van der Waals surface area (Å²) >= 11 is 17.4. The van der Waals surface area contributed by atoms with Crippen LogP contribution in [0.1, 0.15) is 34.6 Å². The molecule has 0 aliphatic heterocycles. The normalized spacial score (nSPS) is 13.7. The fourth-order valence-electron chi connectivity index (χ4n) is 3.24. The molecule has 2 aromatic rings. The molecule has 0 heterocycles. The van der Waals surface area contributed by atoms with Crippen LogP contribution in [0.4, 0.5) is 39.5 Å². The maximum Gasteiger partial charge on any atom is 0.416 e. The summed E-state index contributed by atoms with van der Waals surface area (Å²) in [5, 5.41) is 3.93. The number of amides is 1. The number of nitrogens with one attached hydrogen (secondary N) is 2. The molecule has 0 bridgehead atoms. The molecule has 0 fully saturated rings. The summed E-state index contributed by atoms with van der Waals surface area (Å²) in [5.41, 5.74) is -1.94. The Bertz CT molecular complexity index is 1140. The van der Waals surface area contributed by atoms with Crippen LogP contribution in [0.25, 0.3) is 6.08 Å². The van der Waals surface area contributed by atoms with Gasteiger partial charge >= 0.3 is 18.5 Å². The van der Waals surface area contributed by atoms with Gasteiger partial charge in [0.1, 0.15) is 6.42 Å². The lowest BCUT2D eigenvalue weighted by Gasteiger charge is -2.19. The number of halogens is 12. The molecule has 0 aliphatic rings. The molecule has 15 heteroatoms. The number of allylic oxidation sites excluding steroid dienone is 1. The summed E-state index contributed by atoms with van der Waals surface area (Å²) in [7, 11) is 0. The Morgan fingerprint density at radius 2 is 1.50 bits per heavy atom. The van der Waals surface area contributed by atoms with Gasteiger partial charge in [-0.25, -0.2) is 0 Å². The molecule has 2 rings (SSSR count). The maximum atomic E-state index is 13.7. The average Bonchev–Trinajstić information content (AvgIpc) is 2.75. The van der Waals surface area contributed by atoms with Crippen molar-refractivity contribution in [3.63, 3.8) is 0 Å². The summed E-state index contributed by atoms with van der Waals surface area (Å²) in [6.07, 6.45) is -14.5. The van der Waals surface area contributed by atoms with Crippen LogP contribution in [-0.2, 0) is 17.5 Å². The number of benzene rings is 2. The molecule has 38 heavy (non-hydrogen) atoms. The predicted octanol–water partition coefficient (Wildman–Crippen LogP) is 8.18. The zero-order chi connectivity index (χ0) is 28.9. The van der Waals surface area contributed by atoms with Gasteiger partial charge in [0.25, 0.3) is 0 Å². The first kappa shape index (κ1) is 32.1. The summed E-state index contributed by atoms with van der Waals surface area (Å²) in [6.45, 7) is -0.780. The van der Waals surface area contributed by atoms with E-state index in [4.69, 9.17) is 34.8 Å². The first-order chi connectivity index (χ1) is 17.4. The van der Waals surface area contributed by atoms with E-state index in [0.29, 0.717) is 12.1 Å². The van der Waals surface area contributed by atoms with Gasteiger partial charge in [0.05, 0.1) is 26.5 Å². The minimum atomic E-state index is -4.86. The Morgan fingerprint density at radius 1 is 0.895 bits per heavy atom. The van der Waals surface area contributed by atoms with Crippen LogP contribution in [0.5, 0.6) is 0 Å². The number of carbonyl (C=O) groups is 1. The molecule has 0 spiro atoms. The second-order valence-corrected chi connectivity index (χ2v) is 9.10. The van der Waals surface area contributed by atoms with Crippen LogP contribution in [-0.4, -0.2) is 31.3 Å². The van der Waals surface area contributed by atoms with Gasteiger partial charge in [0.2, 0.25) is 5.91 Å². The molecule has 0 saturated carbocycles. The molecule has 0 aromatic heterocycles. The minimum Gasteiger partial charge on any atom is -0.355 e. The standard InChI is InChI=1S/C23H18Cl3F9N2O/c24-17-8-14(9-18(25)20(17)26)15(22(30,31)32)4-2-12-1-3-13(16(7-12)23(33,34)35)11-36-5-6-37-19(38)10-21(27,28)29/h1-4,7-9,15,36H,5-6,10-11H2,(H,37,38)/b4-2+. The first-order valence-electron chi connectivity index (χ1n) is 10.5. The average molecular weight is 616 g/mol. The molecular formula is C23H18Cl3F9N2O. The minimum absolute atomic E-state index is 0.137. The monoisotopic (exact) mass is 614 g/mol. The van der Waals surface area contributed by atoms with Crippen molar-refractivity contribution in [3.05, 3.63) is 73.7 Å². The third-order valence-electron chi connectivity index (χ3n) is 4.94. The van der Waals surface area contributed by atoms with Gasteiger partial charge in [-0.2, -0.15) is 39.5 Å². The van der Waals surface area contributed by atoms with E-state index in [-0.39, 0.29) is 51.4 Å². The van der Waals surface area contributed by atoms with Crippen LogP contribution < -0.4 is 10.6 Å². The van der Waals surface area contributed by atoms with Crippen molar-refractivity contribution in [1.29, 1.82) is 0 Å². The van der Waals surface area contributed by atoms with Gasteiger partial charge < -0.3 is 10.6 Å². The summed E-state index contributed by atoms with van der Waals surface area (Å²) < 4.78 is 118. The second-order valence-electron chi connectivity index (χ2n) is 7.91. The summed E-state index contributed by atoms with van der Waals surface area (Å²) in [5.74, 6) is -3.54. The zero-order valence-electron chi connectivity index (χ0n) is 18.9. The van der Waals surface area contributed by atoms with Crippen molar-refractivity contribution in [2.24, 2.45) is 0 Å². The Hall–Kier alpha value is -2.15. The number of hydrogen-bond donors (Lipinski definition) is 2. The van der Waals surface area contributed by atoms with Gasteiger partial charge in [-0.05, 0) is 34.9 Å². The van der Waals surface area contributed by atoms with Crippen molar-refractivity contribution in [2.75, 3.05) is 13.1 Å². The number of rotatable bonds is 9. The molecule has 3 nitrogen and oxygen atoms in total. The molecular weight excluding hydrogens is 598 g/mol. The van der Waals surface area contributed by atoms with E-state index >= 15 is 0 Å². The van der Waals surface area contributed by atoms with Crippen LogP contribution in [0, 0.1) is 0 Å². The first-order valence-corrected chi connectivity index (χ1v) is 11.7. The van der Waals surface area contributed by atoms with E-state index in [1.165, 1.54) is 6.07 Å². The molecule has 1 unspecified atom stereocenters. The van der Waals surface area contributed by atoms with Crippen molar-refractivity contribution in [3.8, 4) is 0 Å². The van der Waals surface area contributed by atoms with E-state index in [0.717, 1.165) is 24.3 Å². The Balaban J connectivity index is 2.18. The fraction of sp³-hybridized carbons (Fsp3) is 0.348. The van der Waals surface area contributed by atoms with E-state index in [1.807, 2.05) is 5.32 Å². The largest absolute Gasteiger partial charge is 0.416 e. The van der Waals surface area contributed by atoms with Crippen molar-refractivity contribution >= 4 is 46.8 Å². The van der Waals surface area contributed by atoms with Gasteiger partial charge in [-0.1, -0.05) is 59.1 Å². The lowest BCUT2D eigenvalue weighted by atomic mass is 9.96. The molecule has 0 radical (unpaired) electrons. The molecule has 1 amide bonds. The van der Waals surface area contributed by atoms with E-state index in [9.17, 15) is 44.3 Å². The SMILES string of the molecule is O=C(CC(F)(F)F)NCCNCc1ccc(/C=C/C(c2cc(Cl)c(Cl)c(Cl)c2)C(F)(F)F)cc1C(F)(F)F. The highest BCUT2D eigenvalue weighted by Crippen LogP contribution is 2.41. The molecule has 210 valence electrons. The van der Waals surface area contributed by atoms with Gasteiger partial charge in [0.15, 0.2) is 0 Å². The molecule has 2 N–H and O–H groups in total. The van der Waals surface area contributed by atoms with Gasteiger partial charge in [-0.3, -0.25) is 4.79 Å². The van der Waals surface area contributed by atoms with Crippen LogP contribution in [0.2, 0.25) is 15.1 Å². The van der Waals surface area contributed by atoms with Crippen molar-refractivity contribution in [2.45, 2.75) is 37.4 Å². The fourth-order valence-corrected chi connectivity index (χ4v) is 3.86. The number of hydrogen-bond acceptors (Lipinski definition) is 2. The highest BCUT2D eigenvalue weighted by atomic mass is 35.5.